The number of hydrogen-bond donors (Lipinski definition) is 0. The fraction of sp³-hybridized carbons (Fsp3) is 0.697. The van der Waals surface area contributed by atoms with Gasteiger partial charge in [-0.15, -0.1) is 23.2 Å². The lowest BCUT2D eigenvalue weighted by atomic mass is 9.46. The van der Waals surface area contributed by atoms with E-state index in [-0.39, 0.29) is 22.7 Å². The molecule has 0 amide bonds. The summed E-state index contributed by atoms with van der Waals surface area (Å²) in [4.78, 5) is 27.1. The zero-order valence-electron chi connectivity index (χ0n) is 23.8. The zero-order valence-corrected chi connectivity index (χ0v) is 25.3. The van der Waals surface area contributed by atoms with E-state index in [0.29, 0.717) is 48.4 Å². The minimum Gasteiger partial charge on any atom is -0.549 e. The van der Waals surface area contributed by atoms with E-state index in [2.05, 4.69) is 24.8 Å². The number of rotatable bonds is 9. The van der Waals surface area contributed by atoms with Crippen molar-refractivity contribution in [2.45, 2.75) is 78.1 Å². The van der Waals surface area contributed by atoms with Crippen LogP contribution in [0.5, 0.6) is 0 Å². The molecule has 4 nitrogen and oxygen atoms in total. The molecule has 0 heterocycles. The Bertz CT molecular complexity index is 1100. The van der Waals surface area contributed by atoms with E-state index in [4.69, 9.17) is 23.2 Å². The van der Waals surface area contributed by atoms with Gasteiger partial charge in [-0.25, -0.2) is 0 Å². The Labute approximate surface area is 244 Å². The van der Waals surface area contributed by atoms with E-state index >= 15 is 0 Å². The van der Waals surface area contributed by atoms with Crippen molar-refractivity contribution in [3.63, 3.8) is 0 Å². The van der Waals surface area contributed by atoms with Crippen LogP contribution in [0.15, 0.2) is 35.9 Å². The van der Waals surface area contributed by atoms with Gasteiger partial charge in [-0.05, 0) is 110 Å². The highest BCUT2D eigenvalue weighted by Gasteiger charge is 2.59. The number of aliphatic carboxylic acids is 1. The van der Waals surface area contributed by atoms with Gasteiger partial charge in [0.05, 0.1) is 0 Å². The van der Waals surface area contributed by atoms with E-state index in [9.17, 15) is 14.7 Å². The quantitative estimate of drug-likeness (QED) is 0.247. The molecule has 4 aliphatic rings. The molecule has 0 aromatic heterocycles. The smallest absolute Gasteiger partial charge is 0.133 e. The first kappa shape index (κ1) is 29.0. The van der Waals surface area contributed by atoms with Crippen molar-refractivity contribution in [2.24, 2.45) is 40.4 Å². The molecule has 6 heteroatoms. The lowest BCUT2D eigenvalue weighted by molar-refractivity contribution is -0.309. The number of carboxylic acids is 1. The van der Waals surface area contributed by atoms with E-state index in [1.807, 2.05) is 24.3 Å². The number of Topliss-reactive ketones (excluding diaryl/α,β-unsaturated/α-hetero) is 1. The topological polar surface area (TPSA) is 60.4 Å². The summed E-state index contributed by atoms with van der Waals surface area (Å²) in [7, 11) is 0. The van der Waals surface area contributed by atoms with Gasteiger partial charge in [0.1, 0.15) is 5.78 Å². The van der Waals surface area contributed by atoms with Gasteiger partial charge in [0.2, 0.25) is 0 Å². The second-order valence-corrected chi connectivity index (χ2v) is 14.1. The average Bonchev–Trinajstić information content (AvgIpc) is 3.26. The number of alkyl halides is 2. The van der Waals surface area contributed by atoms with Crippen LogP contribution < -0.4 is 10.0 Å². The average molecular weight is 574 g/mol. The summed E-state index contributed by atoms with van der Waals surface area (Å²) in [6.45, 7) is 8.04. The number of allylic oxidation sites excluding steroid dienone is 2. The third kappa shape index (κ3) is 5.07. The molecular weight excluding hydrogens is 529 g/mol. The Morgan fingerprint density at radius 3 is 2.31 bits per heavy atom. The molecule has 0 N–H and O–H groups in total. The molecule has 2 unspecified atom stereocenters. The van der Waals surface area contributed by atoms with Gasteiger partial charge in [0.15, 0.2) is 0 Å². The number of ketones is 1. The molecule has 0 aliphatic heterocycles. The van der Waals surface area contributed by atoms with Crippen LogP contribution in [0.3, 0.4) is 0 Å². The summed E-state index contributed by atoms with van der Waals surface area (Å²) in [5, 5.41) is 12.5. The maximum absolute atomic E-state index is 12.5. The molecule has 5 rings (SSSR count). The number of benzene rings is 1. The SMILES string of the molecule is CC(=O)[C@H]1CC[C@H]2[C@@H]3CC=C4CC(C(C(=O)[O-])c5ccc(N(CCCl)CCCl)cc5)CC[C@]4(C)[C@H]3CC[C@]12C. The van der Waals surface area contributed by atoms with Crippen LogP contribution in [-0.4, -0.2) is 36.6 Å². The van der Waals surface area contributed by atoms with Crippen LogP contribution in [0.25, 0.3) is 0 Å². The van der Waals surface area contributed by atoms with Crippen LogP contribution in [-0.2, 0) is 9.59 Å². The largest absolute Gasteiger partial charge is 0.549 e. The lowest BCUT2D eigenvalue weighted by Gasteiger charge is -2.58. The number of carbonyl (C=O) groups excluding carboxylic acids is 2. The lowest BCUT2D eigenvalue weighted by Crippen LogP contribution is -2.51. The van der Waals surface area contributed by atoms with Crippen molar-refractivity contribution in [1.29, 1.82) is 0 Å². The first-order valence-electron chi connectivity index (χ1n) is 15.0. The molecule has 4 aliphatic carbocycles. The van der Waals surface area contributed by atoms with Crippen LogP contribution in [0.1, 0.15) is 83.6 Å². The zero-order chi connectivity index (χ0) is 27.9. The molecule has 0 saturated heterocycles. The molecule has 39 heavy (non-hydrogen) atoms. The van der Waals surface area contributed by atoms with Crippen molar-refractivity contribution in [2.75, 3.05) is 29.7 Å². The standard InChI is InChI=1S/C33H45Cl2NO3/c1-21(37)27-10-11-28-26-9-6-24-20-23(12-14-32(24,2)29(26)13-15-33(27,28)3)30(31(38)39)22-4-7-25(8-5-22)36(18-16-34)19-17-35/h4-8,23,26-30H,9-20H2,1-3H3,(H,38,39)/p-1/t23?,26-,27+,28-,29-,30?,32-,33+/m0/s1. The molecule has 3 saturated carbocycles. The highest BCUT2D eigenvalue weighted by atomic mass is 35.5. The van der Waals surface area contributed by atoms with Crippen molar-refractivity contribution in [1.82, 2.24) is 0 Å². The second kappa shape index (κ2) is 11.4. The van der Waals surface area contributed by atoms with Crippen molar-refractivity contribution >= 4 is 40.6 Å². The normalized spacial score (nSPS) is 36.2. The summed E-state index contributed by atoms with van der Waals surface area (Å²) in [6.07, 6.45) is 10.9. The predicted molar refractivity (Wildman–Crippen MR) is 157 cm³/mol. The van der Waals surface area contributed by atoms with Gasteiger partial charge in [0, 0.05) is 48.3 Å². The third-order valence-electron chi connectivity index (χ3n) is 11.7. The Kier molecular flexibility index (Phi) is 8.47. The molecule has 0 bridgehead atoms. The van der Waals surface area contributed by atoms with Gasteiger partial charge in [-0.3, -0.25) is 4.79 Å². The third-order valence-corrected chi connectivity index (χ3v) is 12.0. The first-order chi connectivity index (χ1) is 18.6. The van der Waals surface area contributed by atoms with Crippen molar-refractivity contribution < 1.29 is 14.7 Å². The van der Waals surface area contributed by atoms with Gasteiger partial charge in [0.25, 0.3) is 0 Å². The van der Waals surface area contributed by atoms with Crippen LogP contribution in [0.2, 0.25) is 0 Å². The first-order valence-corrected chi connectivity index (χ1v) is 16.1. The minimum absolute atomic E-state index is 0.0425. The molecule has 1 aromatic carbocycles. The van der Waals surface area contributed by atoms with Crippen LogP contribution in [0.4, 0.5) is 5.69 Å². The number of carboxylic acid groups (broad SMARTS) is 1. The summed E-state index contributed by atoms with van der Waals surface area (Å²) < 4.78 is 0. The monoisotopic (exact) mass is 572 g/mol. The summed E-state index contributed by atoms with van der Waals surface area (Å²) in [5.41, 5.74) is 3.61. The number of fused-ring (bicyclic) bond motifs is 5. The summed E-state index contributed by atoms with van der Waals surface area (Å²) in [6, 6.07) is 7.91. The number of nitrogens with zero attached hydrogens (tertiary/aromatic N) is 1. The highest BCUT2D eigenvalue weighted by molar-refractivity contribution is 6.18. The van der Waals surface area contributed by atoms with E-state index in [1.54, 1.807) is 6.92 Å². The fourth-order valence-electron chi connectivity index (χ4n) is 9.71. The predicted octanol–water partition coefficient (Wildman–Crippen LogP) is 6.59. The van der Waals surface area contributed by atoms with E-state index < -0.39 is 11.9 Å². The number of carbonyl (C=O) groups is 2. The van der Waals surface area contributed by atoms with Gasteiger partial charge >= 0.3 is 0 Å². The van der Waals surface area contributed by atoms with Crippen LogP contribution in [0, 0.1) is 40.4 Å². The van der Waals surface area contributed by atoms with Crippen LogP contribution >= 0.6 is 23.2 Å². The Morgan fingerprint density at radius 1 is 1.00 bits per heavy atom. The maximum atomic E-state index is 12.5. The van der Waals surface area contributed by atoms with Gasteiger partial charge in [-0.1, -0.05) is 37.6 Å². The molecule has 0 radical (unpaired) electrons. The van der Waals surface area contributed by atoms with Crippen molar-refractivity contribution in [3.8, 4) is 0 Å². The number of halogens is 2. The molecule has 8 atom stereocenters. The van der Waals surface area contributed by atoms with Crippen molar-refractivity contribution in [3.05, 3.63) is 41.5 Å². The Morgan fingerprint density at radius 2 is 1.69 bits per heavy atom. The summed E-state index contributed by atoms with van der Waals surface area (Å²) in [5.74, 6) is 1.99. The molecule has 0 spiro atoms. The molecule has 1 aromatic rings. The highest BCUT2D eigenvalue weighted by Crippen LogP contribution is 2.67. The van der Waals surface area contributed by atoms with E-state index in [1.165, 1.54) is 18.4 Å². The second-order valence-electron chi connectivity index (χ2n) is 13.3. The van der Waals surface area contributed by atoms with Gasteiger partial charge < -0.3 is 14.8 Å². The maximum Gasteiger partial charge on any atom is 0.133 e. The number of anilines is 1. The van der Waals surface area contributed by atoms with Gasteiger partial charge in [-0.2, -0.15) is 0 Å². The Hall–Kier alpha value is -1.52. The minimum atomic E-state index is -0.973. The fourth-order valence-corrected chi connectivity index (χ4v) is 10.1. The Balaban J connectivity index is 1.35. The molecule has 3 fully saturated rings. The molecular formula is C33H44Cl2NO3-. The van der Waals surface area contributed by atoms with E-state index in [0.717, 1.165) is 49.8 Å². The molecule has 214 valence electrons. The number of hydrogen-bond acceptors (Lipinski definition) is 4. The summed E-state index contributed by atoms with van der Waals surface area (Å²) >= 11 is 12.0.